The molecular formula is C40H62FeNP. The first-order valence-electron chi connectivity index (χ1n) is 18.1. The van der Waals surface area contributed by atoms with Crippen molar-refractivity contribution >= 4 is 7.92 Å². The third-order valence-electron chi connectivity index (χ3n) is 11.9. The minimum atomic E-state index is 0. The molecule has 0 amide bonds. The van der Waals surface area contributed by atoms with Crippen LogP contribution < -0.4 is 0 Å². The summed E-state index contributed by atoms with van der Waals surface area (Å²) in [4.78, 5) is 2.39. The Morgan fingerprint density at radius 3 is 1.56 bits per heavy atom. The molecule has 0 bridgehead atoms. The van der Waals surface area contributed by atoms with Gasteiger partial charge in [0.15, 0.2) is 0 Å². The van der Waals surface area contributed by atoms with E-state index in [0.29, 0.717) is 6.04 Å². The summed E-state index contributed by atoms with van der Waals surface area (Å²) in [5.41, 5.74) is 6.40. The van der Waals surface area contributed by atoms with E-state index in [1.165, 1.54) is 76.2 Å². The summed E-state index contributed by atoms with van der Waals surface area (Å²) in [5, 5.41) is 0. The standard InChI is InChI=1S/C25H39P.C15H23N.Fe/c1-20(21-12-5-2-6-13-21)24-18-11-19-25(24)26(22-14-7-3-8-15-22)23-16-9-4-10-17-23;1-12-8-7-11-14(12)15(16(2)3)13-9-5-4-6-10-13;/h2,5-6,12-13,20,22-25H,3-4,7-11,14-19H2,1H3;4-6,9-10,12,14-15H,7-8,11H2,1-3H3;/t20-,24?,25?;12?,14?,15-;/m11./s1. The third kappa shape index (κ3) is 9.22. The number of hydrogen-bond acceptors (Lipinski definition) is 1. The smallest absolute Gasteiger partial charge is 0.0372 e. The van der Waals surface area contributed by atoms with Crippen LogP contribution in [0.1, 0.15) is 140 Å². The first-order chi connectivity index (χ1) is 20.5. The summed E-state index contributed by atoms with van der Waals surface area (Å²) in [6.45, 7) is 4.96. The van der Waals surface area contributed by atoms with Crippen molar-refractivity contribution in [3.05, 3.63) is 71.8 Å². The van der Waals surface area contributed by atoms with Crippen LogP contribution in [0.3, 0.4) is 0 Å². The van der Waals surface area contributed by atoms with Crippen molar-refractivity contribution in [1.82, 2.24) is 4.90 Å². The van der Waals surface area contributed by atoms with Crippen LogP contribution in [0.15, 0.2) is 60.7 Å². The van der Waals surface area contributed by atoms with E-state index in [9.17, 15) is 0 Å². The van der Waals surface area contributed by atoms with Crippen molar-refractivity contribution in [2.24, 2.45) is 17.8 Å². The molecule has 3 heteroatoms. The van der Waals surface area contributed by atoms with Gasteiger partial charge in [-0.3, -0.25) is 0 Å². The largest absolute Gasteiger partial charge is 0.302 e. The summed E-state index contributed by atoms with van der Waals surface area (Å²) in [6.07, 6.45) is 24.2. The van der Waals surface area contributed by atoms with Crippen molar-refractivity contribution in [1.29, 1.82) is 0 Å². The van der Waals surface area contributed by atoms with E-state index >= 15 is 0 Å². The molecule has 4 saturated carbocycles. The molecule has 4 aliphatic carbocycles. The maximum absolute atomic E-state index is 2.55. The van der Waals surface area contributed by atoms with Crippen LogP contribution in [0.4, 0.5) is 0 Å². The van der Waals surface area contributed by atoms with E-state index in [4.69, 9.17) is 0 Å². The van der Waals surface area contributed by atoms with E-state index < -0.39 is 0 Å². The van der Waals surface area contributed by atoms with Crippen molar-refractivity contribution in [2.75, 3.05) is 14.1 Å². The Balaban J connectivity index is 0.000000215. The average Bonchev–Trinajstić information content (AvgIpc) is 3.69. The molecule has 0 spiro atoms. The van der Waals surface area contributed by atoms with Gasteiger partial charge < -0.3 is 4.90 Å². The average molecular weight is 644 g/mol. The Morgan fingerprint density at radius 2 is 1.07 bits per heavy atom. The van der Waals surface area contributed by atoms with E-state index in [-0.39, 0.29) is 25.0 Å². The molecule has 0 saturated heterocycles. The molecule has 0 N–H and O–H groups in total. The molecule has 240 valence electrons. The maximum Gasteiger partial charge on any atom is 0.0372 e. The van der Waals surface area contributed by atoms with Gasteiger partial charge in [-0.15, -0.1) is 0 Å². The quantitative estimate of drug-likeness (QED) is 0.204. The van der Waals surface area contributed by atoms with Gasteiger partial charge in [0.05, 0.1) is 0 Å². The Morgan fingerprint density at radius 1 is 0.581 bits per heavy atom. The molecule has 0 radical (unpaired) electrons. The van der Waals surface area contributed by atoms with Gasteiger partial charge in [-0.1, -0.05) is 140 Å². The van der Waals surface area contributed by atoms with E-state index in [1.807, 2.05) is 0 Å². The fourth-order valence-corrected chi connectivity index (χ4v) is 14.7. The van der Waals surface area contributed by atoms with Gasteiger partial charge in [0, 0.05) is 23.1 Å². The van der Waals surface area contributed by atoms with E-state index in [2.05, 4.69) is 93.5 Å². The summed E-state index contributed by atoms with van der Waals surface area (Å²) in [5.74, 6) is 3.43. The number of rotatable bonds is 8. The number of hydrogen-bond donors (Lipinski definition) is 0. The van der Waals surface area contributed by atoms with Crippen LogP contribution in [-0.2, 0) is 17.1 Å². The zero-order valence-corrected chi connectivity index (χ0v) is 30.0. The molecule has 0 aromatic heterocycles. The zero-order chi connectivity index (χ0) is 29.3. The Bertz CT molecular complexity index is 997. The van der Waals surface area contributed by atoms with Crippen molar-refractivity contribution < 1.29 is 17.1 Å². The van der Waals surface area contributed by atoms with Gasteiger partial charge in [-0.2, -0.15) is 0 Å². The predicted octanol–water partition coefficient (Wildman–Crippen LogP) is 11.8. The molecule has 6 atom stereocenters. The maximum atomic E-state index is 2.55. The first-order valence-corrected chi connectivity index (χ1v) is 19.6. The molecule has 4 unspecified atom stereocenters. The van der Waals surface area contributed by atoms with E-state index in [1.54, 1.807) is 37.7 Å². The van der Waals surface area contributed by atoms with Crippen LogP contribution in [0.5, 0.6) is 0 Å². The van der Waals surface area contributed by atoms with Gasteiger partial charge in [-0.25, -0.2) is 0 Å². The number of nitrogens with zero attached hydrogens (tertiary/aromatic N) is 1. The molecule has 4 fully saturated rings. The molecule has 0 aliphatic heterocycles. The summed E-state index contributed by atoms with van der Waals surface area (Å²) >= 11 is 0. The third-order valence-corrected chi connectivity index (χ3v) is 16.0. The van der Waals surface area contributed by atoms with E-state index in [0.717, 1.165) is 40.6 Å². The molecule has 4 aliphatic rings. The molecule has 2 aromatic rings. The van der Waals surface area contributed by atoms with Gasteiger partial charge in [0.2, 0.25) is 0 Å². The van der Waals surface area contributed by atoms with Gasteiger partial charge in [0.1, 0.15) is 0 Å². The Kier molecular flexibility index (Phi) is 14.6. The summed E-state index contributed by atoms with van der Waals surface area (Å²) in [7, 11) is 4.66. The second-order valence-corrected chi connectivity index (χ2v) is 17.8. The molecule has 2 aromatic carbocycles. The van der Waals surface area contributed by atoms with Crippen LogP contribution in [-0.4, -0.2) is 36.0 Å². The summed E-state index contributed by atoms with van der Waals surface area (Å²) < 4.78 is 0. The fraction of sp³-hybridized carbons (Fsp3) is 0.700. The second-order valence-electron chi connectivity index (χ2n) is 14.8. The SMILES string of the molecule is CC1CCCC1[C@@H](c1ccccc1)N(C)C.C[C@H](c1ccccc1)C1CCCC1P(C1CCCCC1)C1CCCCC1.[Fe]. The first kappa shape index (κ1) is 35.2. The Hall–Kier alpha value is -0.651. The zero-order valence-electron chi connectivity index (χ0n) is 28.0. The number of benzene rings is 2. The van der Waals surface area contributed by atoms with Crippen molar-refractivity contribution in [3.63, 3.8) is 0 Å². The second kappa shape index (κ2) is 17.9. The van der Waals surface area contributed by atoms with Crippen LogP contribution in [0, 0.1) is 17.8 Å². The van der Waals surface area contributed by atoms with Crippen molar-refractivity contribution in [2.45, 2.75) is 146 Å². The van der Waals surface area contributed by atoms with Crippen LogP contribution in [0.2, 0.25) is 0 Å². The fourth-order valence-electron chi connectivity index (χ4n) is 9.75. The van der Waals surface area contributed by atoms with Crippen molar-refractivity contribution in [3.8, 4) is 0 Å². The van der Waals surface area contributed by atoms with Gasteiger partial charge in [-0.05, 0) is 111 Å². The summed E-state index contributed by atoms with van der Waals surface area (Å²) in [6, 6.07) is 23.0. The normalized spacial score (nSPS) is 28.2. The predicted molar refractivity (Wildman–Crippen MR) is 186 cm³/mol. The topological polar surface area (TPSA) is 3.24 Å². The molecule has 43 heavy (non-hydrogen) atoms. The molecule has 6 rings (SSSR count). The minimum Gasteiger partial charge on any atom is -0.302 e. The Labute approximate surface area is 278 Å². The minimum absolute atomic E-state index is 0. The van der Waals surface area contributed by atoms with Gasteiger partial charge in [0.25, 0.3) is 0 Å². The monoisotopic (exact) mass is 643 g/mol. The van der Waals surface area contributed by atoms with Crippen LogP contribution in [0.25, 0.3) is 0 Å². The van der Waals surface area contributed by atoms with Crippen LogP contribution >= 0.6 is 7.92 Å². The molecule has 0 heterocycles. The molecule has 1 nitrogen and oxygen atoms in total. The van der Waals surface area contributed by atoms with Gasteiger partial charge >= 0.3 is 0 Å². The molecular weight excluding hydrogens is 581 g/mol.